The molecule has 16 heteroatoms. The van der Waals surface area contributed by atoms with Gasteiger partial charge in [0.15, 0.2) is 0 Å². The number of aryl methyl sites for hydroxylation is 1. The third-order valence-corrected chi connectivity index (χ3v) is 10.3. The van der Waals surface area contributed by atoms with Crippen molar-refractivity contribution in [2.45, 2.75) is 49.1 Å². The topological polar surface area (TPSA) is 172 Å². The van der Waals surface area contributed by atoms with Gasteiger partial charge in [0.25, 0.3) is 5.91 Å². The lowest BCUT2D eigenvalue weighted by Gasteiger charge is -2.33. The molecule has 1 aliphatic rings. The maximum Gasteiger partial charge on any atom is 0.490 e. The number of fused-ring (bicyclic) bond motifs is 1. The molecular formula is C36H36F3N5O7S. The Balaban J connectivity index is 1.54. The van der Waals surface area contributed by atoms with Crippen molar-refractivity contribution in [2.24, 2.45) is 5.73 Å². The van der Waals surface area contributed by atoms with E-state index >= 15 is 0 Å². The smallest absolute Gasteiger partial charge is 0.490 e. The van der Waals surface area contributed by atoms with E-state index in [1.54, 1.807) is 36.4 Å². The summed E-state index contributed by atoms with van der Waals surface area (Å²) < 4.78 is 80.3. The van der Waals surface area contributed by atoms with Gasteiger partial charge < -0.3 is 25.4 Å². The van der Waals surface area contributed by atoms with Crippen molar-refractivity contribution in [3.05, 3.63) is 108 Å². The van der Waals surface area contributed by atoms with Gasteiger partial charge in [-0.1, -0.05) is 60.7 Å². The summed E-state index contributed by atoms with van der Waals surface area (Å²) in [5.74, 6) is -4.85. The van der Waals surface area contributed by atoms with E-state index < -0.39 is 51.1 Å². The number of amidine groups is 1. The molecule has 2 amide bonds. The second-order valence-corrected chi connectivity index (χ2v) is 13.9. The number of nitrogens with one attached hydrogen (secondary N) is 2. The average Bonchev–Trinajstić information content (AvgIpc) is 3.47. The Hall–Kier alpha value is -5.48. The number of carbonyl (C=O) groups is 3. The minimum atomic E-state index is -5.60. The Kier molecular flexibility index (Phi) is 11.5. The molecule has 5 rings (SSSR count). The Labute approximate surface area is 297 Å². The number of nitrogens with zero attached hydrogens (tertiary/aromatic N) is 2. The molecule has 4 N–H and O–H groups in total. The second-order valence-electron chi connectivity index (χ2n) is 12.0. The fourth-order valence-electron chi connectivity index (χ4n) is 5.87. The number of rotatable bonds is 14. The summed E-state index contributed by atoms with van der Waals surface area (Å²) in [6.45, 7) is -0.249. The van der Waals surface area contributed by atoms with Crippen LogP contribution in [-0.4, -0.2) is 79.9 Å². The SMILES string of the molecule is COc1ccc2ccc(S(=O)(=O)N(C(OC(=O)C(F)(F)F)C(=O)NCCCc3ccccc3)[C@H]3CCN(Cc4cccc(C(=N)N)c4)C3=O)cc2c1. The summed E-state index contributed by atoms with van der Waals surface area (Å²) in [6.07, 6.45) is -7.80. The van der Waals surface area contributed by atoms with Crippen LogP contribution in [0.3, 0.4) is 0 Å². The number of methoxy groups -OCH3 is 1. The minimum Gasteiger partial charge on any atom is -0.497 e. The molecule has 0 saturated carbocycles. The molecule has 52 heavy (non-hydrogen) atoms. The number of carbonyl (C=O) groups excluding carboxylic acids is 3. The van der Waals surface area contributed by atoms with Crippen molar-refractivity contribution in [3.8, 4) is 5.75 Å². The van der Waals surface area contributed by atoms with Gasteiger partial charge in [-0.05, 0) is 71.5 Å². The summed E-state index contributed by atoms with van der Waals surface area (Å²) in [6, 6.07) is 22.5. The largest absolute Gasteiger partial charge is 0.497 e. The summed E-state index contributed by atoms with van der Waals surface area (Å²) in [5, 5.41) is 11.1. The maximum atomic E-state index is 14.6. The van der Waals surface area contributed by atoms with E-state index in [9.17, 15) is 36.0 Å². The molecule has 0 radical (unpaired) electrons. The fraction of sp³-hybridized carbons (Fsp3) is 0.278. The number of halogens is 3. The molecule has 1 aliphatic heterocycles. The number of nitrogens with two attached hydrogens (primary N) is 1. The van der Waals surface area contributed by atoms with Gasteiger partial charge in [0.05, 0.1) is 12.0 Å². The molecule has 4 aromatic rings. The van der Waals surface area contributed by atoms with Gasteiger partial charge in [-0.3, -0.25) is 15.0 Å². The number of hydrogen-bond donors (Lipinski definition) is 3. The molecule has 274 valence electrons. The van der Waals surface area contributed by atoms with Crippen LogP contribution in [0, 0.1) is 5.41 Å². The Morgan fingerprint density at radius 2 is 1.71 bits per heavy atom. The minimum absolute atomic E-state index is 0.0621. The molecule has 4 aromatic carbocycles. The lowest BCUT2D eigenvalue weighted by molar-refractivity contribution is -0.211. The molecule has 2 atom stereocenters. The molecule has 1 heterocycles. The Morgan fingerprint density at radius 3 is 2.40 bits per heavy atom. The zero-order valence-electron chi connectivity index (χ0n) is 27.9. The van der Waals surface area contributed by atoms with Crippen molar-refractivity contribution in [1.82, 2.24) is 14.5 Å². The van der Waals surface area contributed by atoms with E-state index in [4.69, 9.17) is 15.9 Å². The third kappa shape index (κ3) is 8.69. The molecule has 1 fully saturated rings. The fourth-order valence-corrected chi connectivity index (χ4v) is 7.55. The highest BCUT2D eigenvalue weighted by Crippen LogP contribution is 2.32. The molecule has 0 spiro atoms. The highest BCUT2D eigenvalue weighted by molar-refractivity contribution is 7.89. The first-order valence-corrected chi connectivity index (χ1v) is 17.6. The van der Waals surface area contributed by atoms with Gasteiger partial charge in [0.2, 0.25) is 22.2 Å². The van der Waals surface area contributed by atoms with Crippen LogP contribution in [0.4, 0.5) is 13.2 Å². The van der Waals surface area contributed by atoms with Crippen molar-refractivity contribution >= 4 is 44.4 Å². The van der Waals surface area contributed by atoms with E-state index in [0.717, 1.165) is 5.56 Å². The quantitative estimate of drug-likeness (QED) is 0.0570. The number of alkyl halides is 3. The van der Waals surface area contributed by atoms with Crippen LogP contribution in [0.15, 0.2) is 95.9 Å². The van der Waals surface area contributed by atoms with Crippen LogP contribution in [0.25, 0.3) is 10.8 Å². The normalized spacial score (nSPS) is 15.4. The van der Waals surface area contributed by atoms with Gasteiger partial charge in [-0.2, -0.15) is 13.2 Å². The number of hydrogen-bond acceptors (Lipinski definition) is 8. The first-order chi connectivity index (χ1) is 24.7. The zero-order valence-corrected chi connectivity index (χ0v) is 28.7. The number of likely N-dealkylation sites (tertiary alicyclic amines) is 1. The number of esters is 1. The van der Waals surface area contributed by atoms with E-state index in [0.29, 0.717) is 40.5 Å². The highest BCUT2D eigenvalue weighted by Gasteiger charge is 2.52. The standard InChI is InChI=1S/C36H36F3N5O7S/c1-50-28-14-12-25-13-15-29(21-27(25)20-28)52(48,49)44(30-16-18-43(33(30)46)22-24-9-5-11-26(19-24)31(40)41)34(51-35(47)36(37,38)39)32(45)42-17-6-10-23-7-3-2-4-8-23/h2-5,7-9,11-15,19-21,30,34H,6,10,16-18,22H2,1H3,(H3,40,41)(H,42,45)/t30-,34?/m0/s1. The van der Waals surface area contributed by atoms with Crippen molar-refractivity contribution in [3.63, 3.8) is 0 Å². The van der Waals surface area contributed by atoms with Crippen LogP contribution in [0.2, 0.25) is 0 Å². The number of sulfonamides is 1. The van der Waals surface area contributed by atoms with Crippen molar-refractivity contribution < 1.29 is 45.4 Å². The van der Waals surface area contributed by atoms with Gasteiger partial charge in [0.1, 0.15) is 17.6 Å². The van der Waals surface area contributed by atoms with Gasteiger partial charge >= 0.3 is 12.1 Å². The van der Waals surface area contributed by atoms with E-state index in [1.807, 2.05) is 30.3 Å². The number of benzene rings is 4. The molecule has 0 aromatic heterocycles. The maximum absolute atomic E-state index is 14.6. The Morgan fingerprint density at radius 1 is 1.00 bits per heavy atom. The third-order valence-electron chi connectivity index (χ3n) is 8.47. The molecule has 0 bridgehead atoms. The summed E-state index contributed by atoms with van der Waals surface area (Å²) in [7, 11) is -3.64. The number of ether oxygens (including phenoxy) is 2. The second kappa shape index (κ2) is 15.8. The average molecular weight is 740 g/mol. The first kappa shape index (κ1) is 37.8. The van der Waals surface area contributed by atoms with Crippen LogP contribution in [0.5, 0.6) is 5.75 Å². The van der Waals surface area contributed by atoms with Crippen LogP contribution < -0.4 is 15.8 Å². The molecule has 1 unspecified atom stereocenters. The monoisotopic (exact) mass is 739 g/mol. The Bertz CT molecular complexity index is 2080. The van der Waals surface area contributed by atoms with Crippen LogP contribution in [0.1, 0.15) is 29.5 Å². The van der Waals surface area contributed by atoms with E-state index in [-0.39, 0.29) is 36.2 Å². The predicted molar refractivity (Wildman–Crippen MR) is 185 cm³/mol. The predicted octanol–water partition coefficient (Wildman–Crippen LogP) is 4.10. The summed E-state index contributed by atoms with van der Waals surface area (Å²) in [4.78, 5) is 40.8. The van der Waals surface area contributed by atoms with Gasteiger partial charge in [-0.25, -0.2) is 13.2 Å². The highest BCUT2D eigenvalue weighted by atomic mass is 32.2. The van der Waals surface area contributed by atoms with E-state index in [2.05, 4.69) is 10.1 Å². The van der Waals surface area contributed by atoms with Crippen LogP contribution in [-0.2, 0) is 42.1 Å². The van der Waals surface area contributed by atoms with Crippen LogP contribution >= 0.6 is 0 Å². The van der Waals surface area contributed by atoms with E-state index in [1.165, 1.54) is 36.3 Å². The molecule has 12 nitrogen and oxygen atoms in total. The van der Waals surface area contributed by atoms with Crippen molar-refractivity contribution in [2.75, 3.05) is 20.2 Å². The molecular weight excluding hydrogens is 703 g/mol. The van der Waals surface area contributed by atoms with Crippen molar-refractivity contribution in [1.29, 1.82) is 5.41 Å². The lowest BCUT2D eigenvalue weighted by atomic mass is 10.1. The van der Waals surface area contributed by atoms with Gasteiger partial charge in [0, 0.05) is 25.2 Å². The first-order valence-electron chi connectivity index (χ1n) is 16.1. The number of amides is 2. The molecule has 1 saturated heterocycles. The number of nitrogen functional groups attached to an aromatic ring is 1. The zero-order chi connectivity index (χ0) is 37.6. The molecule has 0 aliphatic carbocycles. The van der Waals surface area contributed by atoms with Gasteiger partial charge in [-0.15, -0.1) is 4.31 Å². The summed E-state index contributed by atoms with van der Waals surface area (Å²) in [5.41, 5.74) is 7.43. The lowest BCUT2D eigenvalue weighted by Crippen LogP contribution is -2.58. The summed E-state index contributed by atoms with van der Waals surface area (Å²) >= 11 is 0.